The predicted octanol–water partition coefficient (Wildman–Crippen LogP) is 1.72. The first kappa shape index (κ1) is 13.2. The van der Waals surface area contributed by atoms with Crippen LogP contribution in [0.15, 0.2) is 30.3 Å². The molecule has 4 nitrogen and oxygen atoms in total. The average molecular weight is 235 g/mol. The van der Waals surface area contributed by atoms with Gasteiger partial charge in [0, 0.05) is 7.05 Å². The molecule has 0 aliphatic heterocycles. The zero-order valence-corrected chi connectivity index (χ0v) is 10.3. The Bertz CT molecular complexity index is 402. The van der Waals surface area contributed by atoms with Crippen molar-refractivity contribution in [1.29, 1.82) is 0 Å². The largest absolute Gasteiger partial charge is 0.480 e. The minimum atomic E-state index is -0.999. The van der Waals surface area contributed by atoms with Crippen molar-refractivity contribution in [2.24, 2.45) is 0 Å². The first-order valence-electron chi connectivity index (χ1n) is 5.49. The normalized spacial score (nSPS) is 13.8. The minimum absolute atomic E-state index is 0.189. The van der Waals surface area contributed by atoms with Gasteiger partial charge >= 0.3 is 5.97 Å². The lowest BCUT2D eigenvalue weighted by Gasteiger charge is -2.25. The van der Waals surface area contributed by atoms with E-state index in [2.05, 4.69) is 0 Å². The number of hydrogen-bond acceptors (Lipinski definition) is 2. The lowest BCUT2D eigenvalue weighted by molar-refractivity contribution is -0.148. The molecule has 0 fully saturated rings. The average Bonchev–Trinajstić information content (AvgIpc) is 2.36. The maximum atomic E-state index is 12.1. The topological polar surface area (TPSA) is 57.6 Å². The third-order valence-corrected chi connectivity index (χ3v) is 2.96. The molecule has 92 valence electrons. The smallest absolute Gasteiger partial charge is 0.326 e. The van der Waals surface area contributed by atoms with Gasteiger partial charge in [0.25, 0.3) is 0 Å². The van der Waals surface area contributed by atoms with Crippen LogP contribution in [-0.2, 0) is 9.59 Å². The summed E-state index contributed by atoms with van der Waals surface area (Å²) in [5.41, 5.74) is 0.891. The highest BCUT2D eigenvalue weighted by Gasteiger charge is 2.26. The van der Waals surface area contributed by atoms with Gasteiger partial charge in [-0.15, -0.1) is 0 Å². The number of hydrogen-bond donors (Lipinski definition) is 1. The van der Waals surface area contributed by atoms with E-state index in [1.807, 2.05) is 30.3 Å². The van der Waals surface area contributed by atoms with E-state index >= 15 is 0 Å². The Morgan fingerprint density at radius 1 is 1.18 bits per heavy atom. The second-order valence-corrected chi connectivity index (χ2v) is 4.10. The van der Waals surface area contributed by atoms with E-state index < -0.39 is 12.0 Å². The number of likely N-dealkylation sites (N-methyl/N-ethyl adjacent to an activating group) is 1. The van der Waals surface area contributed by atoms with E-state index in [9.17, 15) is 9.59 Å². The number of carbonyl (C=O) groups excluding carboxylic acids is 1. The summed E-state index contributed by atoms with van der Waals surface area (Å²) in [6, 6.07) is 8.52. The van der Waals surface area contributed by atoms with Gasteiger partial charge in [-0.05, 0) is 19.4 Å². The second-order valence-electron chi connectivity index (χ2n) is 4.10. The quantitative estimate of drug-likeness (QED) is 0.864. The summed E-state index contributed by atoms with van der Waals surface area (Å²) >= 11 is 0. The molecule has 4 heteroatoms. The maximum absolute atomic E-state index is 12.1. The molecule has 1 unspecified atom stereocenters. The van der Waals surface area contributed by atoms with Crippen LogP contribution in [-0.4, -0.2) is 35.0 Å². The molecule has 17 heavy (non-hydrogen) atoms. The van der Waals surface area contributed by atoms with Gasteiger partial charge in [0.15, 0.2) is 0 Å². The highest BCUT2D eigenvalue weighted by Crippen LogP contribution is 2.18. The van der Waals surface area contributed by atoms with Gasteiger partial charge in [-0.2, -0.15) is 0 Å². The van der Waals surface area contributed by atoms with E-state index in [1.54, 1.807) is 6.92 Å². The monoisotopic (exact) mass is 235 g/mol. The SMILES string of the molecule is CC(C(=O)O)N(C)C(=O)[C@H](C)c1ccccc1. The van der Waals surface area contributed by atoms with E-state index in [4.69, 9.17) is 5.11 Å². The Kier molecular flexibility index (Phi) is 4.26. The molecular formula is C13H17NO3. The molecule has 0 aliphatic carbocycles. The van der Waals surface area contributed by atoms with Crippen molar-refractivity contribution in [2.75, 3.05) is 7.05 Å². The van der Waals surface area contributed by atoms with Crippen molar-refractivity contribution in [1.82, 2.24) is 4.90 Å². The summed E-state index contributed by atoms with van der Waals surface area (Å²) in [6.45, 7) is 3.28. The number of rotatable bonds is 4. The summed E-state index contributed by atoms with van der Waals surface area (Å²) in [6.07, 6.45) is 0. The molecule has 0 bridgehead atoms. The third kappa shape index (κ3) is 3.06. The lowest BCUT2D eigenvalue weighted by Crippen LogP contribution is -2.42. The van der Waals surface area contributed by atoms with Gasteiger partial charge < -0.3 is 10.0 Å². The molecule has 0 spiro atoms. The van der Waals surface area contributed by atoms with Crippen LogP contribution in [0.4, 0.5) is 0 Å². The second kappa shape index (κ2) is 5.48. The Hall–Kier alpha value is -1.84. The maximum Gasteiger partial charge on any atom is 0.326 e. The molecule has 1 aromatic carbocycles. The highest BCUT2D eigenvalue weighted by molar-refractivity contribution is 5.87. The lowest BCUT2D eigenvalue weighted by atomic mass is 9.99. The van der Waals surface area contributed by atoms with Gasteiger partial charge in [-0.1, -0.05) is 30.3 Å². The molecule has 1 N–H and O–H groups in total. The Labute approximate surface area is 101 Å². The third-order valence-electron chi connectivity index (χ3n) is 2.96. The Morgan fingerprint density at radius 3 is 2.18 bits per heavy atom. The fraction of sp³-hybridized carbons (Fsp3) is 0.385. The zero-order chi connectivity index (χ0) is 13.0. The summed E-state index contributed by atoms with van der Waals surface area (Å²) in [5, 5.41) is 8.86. The van der Waals surface area contributed by atoms with Crippen LogP contribution in [0.3, 0.4) is 0 Å². The number of carboxylic acids is 1. The molecule has 1 amide bonds. The van der Waals surface area contributed by atoms with Gasteiger partial charge in [-0.3, -0.25) is 4.79 Å². The molecule has 1 aromatic rings. The summed E-state index contributed by atoms with van der Waals surface area (Å²) in [5.74, 6) is -1.52. The van der Waals surface area contributed by atoms with Gasteiger partial charge in [-0.25, -0.2) is 4.79 Å². The number of nitrogens with zero attached hydrogens (tertiary/aromatic N) is 1. The predicted molar refractivity (Wildman–Crippen MR) is 64.7 cm³/mol. The zero-order valence-electron chi connectivity index (χ0n) is 10.3. The molecular weight excluding hydrogens is 218 g/mol. The highest BCUT2D eigenvalue weighted by atomic mass is 16.4. The van der Waals surface area contributed by atoms with Crippen LogP contribution < -0.4 is 0 Å². The van der Waals surface area contributed by atoms with Crippen LogP contribution in [0.1, 0.15) is 25.3 Å². The van der Waals surface area contributed by atoms with Crippen LogP contribution >= 0.6 is 0 Å². The molecule has 0 saturated heterocycles. The number of aliphatic carboxylic acids is 1. The van der Waals surface area contributed by atoms with E-state index in [0.717, 1.165) is 5.56 Å². The minimum Gasteiger partial charge on any atom is -0.480 e. The molecule has 1 rings (SSSR count). The summed E-state index contributed by atoms with van der Waals surface area (Å²) in [7, 11) is 1.51. The van der Waals surface area contributed by atoms with Crippen molar-refractivity contribution >= 4 is 11.9 Å². The Morgan fingerprint density at radius 2 is 1.71 bits per heavy atom. The molecule has 0 radical (unpaired) electrons. The number of benzene rings is 1. The first-order valence-corrected chi connectivity index (χ1v) is 5.49. The number of carboxylic acid groups (broad SMARTS) is 1. The van der Waals surface area contributed by atoms with Crippen molar-refractivity contribution in [3.63, 3.8) is 0 Å². The van der Waals surface area contributed by atoms with Crippen molar-refractivity contribution in [3.8, 4) is 0 Å². The fourth-order valence-electron chi connectivity index (χ4n) is 1.55. The van der Waals surface area contributed by atoms with Gasteiger partial charge in [0.2, 0.25) is 5.91 Å². The fourth-order valence-corrected chi connectivity index (χ4v) is 1.55. The van der Waals surface area contributed by atoms with Gasteiger partial charge in [0.05, 0.1) is 5.92 Å². The molecule has 0 aromatic heterocycles. The first-order chi connectivity index (χ1) is 7.95. The van der Waals surface area contributed by atoms with Crippen molar-refractivity contribution in [3.05, 3.63) is 35.9 Å². The van der Waals surface area contributed by atoms with E-state index in [-0.39, 0.29) is 11.8 Å². The number of carbonyl (C=O) groups is 2. The van der Waals surface area contributed by atoms with Gasteiger partial charge in [0.1, 0.15) is 6.04 Å². The van der Waals surface area contributed by atoms with Crippen LogP contribution in [0, 0.1) is 0 Å². The molecule has 0 aliphatic rings. The summed E-state index contributed by atoms with van der Waals surface area (Å²) in [4.78, 5) is 24.1. The van der Waals surface area contributed by atoms with Crippen LogP contribution in [0.2, 0.25) is 0 Å². The van der Waals surface area contributed by atoms with Crippen LogP contribution in [0.5, 0.6) is 0 Å². The Balaban J connectivity index is 2.80. The van der Waals surface area contributed by atoms with E-state index in [1.165, 1.54) is 18.9 Å². The number of amides is 1. The molecule has 2 atom stereocenters. The molecule has 0 saturated carbocycles. The van der Waals surface area contributed by atoms with Crippen molar-refractivity contribution < 1.29 is 14.7 Å². The van der Waals surface area contributed by atoms with Crippen LogP contribution in [0.25, 0.3) is 0 Å². The molecule has 0 heterocycles. The van der Waals surface area contributed by atoms with Crippen molar-refractivity contribution in [2.45, 2.75) is 25.8 Å². The van der Waals surface area contributed by atoms with E-state index in [0.29, 0.717) is 0 Å². The standard InChI is InChI=1S/C13H17NO3/c1-9(11-7-5-4-6-8-11)12(15)14(3)10(2)13(16)17/h4-10H,1-3H3,(H,16,17)/t9-,10?/m1/s1. The summed E-state index contributed by atoms with van der Waals surface area (Å²) < 4.78 is 0.